The van der Waals surface area contributed by atoms with Gasteiger partial charge in [-0.3, -0.25) is 38.5 Å². The summed E-state index contributed by atoms with van der Waals surface area (Å²) in [6.07, 6.45) is 6.87. The SMILES string of the molecule is CCC1CCC(C(=O)NC(CCC(=O)CC(CCC(=O)O)C(=O)NCCCOCCOCCOCCCNC(=O)CCN2C(=O)C=CC2=O)C(=O)O)CC1. The van der Waals surface area contributed by atoms with E-state index < -0.39 is 41.6 Å². The van der Waals surface area contributed by atoms with Gasteiger partial charge in [-0.05, 0) is 57.3 Å². The minimum Gasteiger partial charge on any atom is -0.481 e. The van der Waals surface area contributed by atoms with E-state index in [2.05, 4.69) is 22.9 Å². The van der Waals surface area contributed by atoms with E-state index in [1.165, 1.54) is 12.2 Å². The molecule has 17 heteroatoms. The topological polar surface area (TPSA) is 244 Å². The van der Waals surface area contributed by atoms with Crippen LogP contribution >= 0.6 is 0 Å². The van der Waals surface area contributed by atoms with Crippen LogP contribution in [0.25, 0.3) is 0 Å². The number of imide groups is 1. The largest absolute Gasteiger partial charge is 0.481 e. The Morgan fingerprint density at radius 1 is 0.778 bits per heavy atom. The van der Waals surface area contributed by atoms with Gasteiger partial charge >= 0.3 is 11.9 Å². The van der Waals surface area contributed by atoms with Crippen molar-refractivity contribution in [2.45, 2.75) is 96.4 Å². The number of nitrogens with zero attached hydrogens (tertiary/aromatic N) is 1. The van der Waals surface area contributed by atoms with Crippen molar-refractivity contribution in [3.8, 4) is 0 Å². The molecule has 2 atom stereocenters. The number of amides is 5. The van der Waals surface area contributed by atoms with Gasteiger partial charge in [-0.2, -0.15) is 0 Å². The number of hydrogen-bond acceptors (Lipinski definition) is 11. The molecule has 1 fully saturated rings. The van der Waals surface area contributed by atoms with Crippen LogP contribution in [0.5, 0.6) is 0 Å². The average molecular weight is 767 g/mol. The van der Waals surface area contributed by atoms with Crippen LogP contribution in [0.2, 0.25) is 0 Å². The molecule has 0 aromatic rings. The van der Waals surface area contributed by atoms with E-state index in [4.69, 9.17) is 19.3 Å². The fourth-order valence-corrected chi connectivity index (χ4v) is 6.11. The van der Waals surface area contributed by atoms with Crippen LogP contribution in [-0.2, 0) is 52.6 Å². The Morgan fingerprint density at radius 3 is 1.91 bits per heavy atom. The Hall–Kier alpha value is -4.22. The molecule has 1 aliphatic carbocycles. The van der Waals surface area contributed by atoms with E-state index in [-0.39, 0.29) is 75.1 Å². The van der Waals surface area contributed by atoms with Crippen molar-refractivity contribution in [1.82, 2.24) is 20.9 Å². The van der Waals surface area contributed by atoms with Gasteiger partial charge in [0.05, 0.1) is 26.4 Å². The lowest BCUT2D eigenvalue weighted by Gasteiger charge is -2.28. The molecular formula is C37H58N4O13. The molecule has 2 unspecified atom stereocenters. The third-order valence-corrected chi connectivity index (χ3v) is 9.43. The van der Waals surface area contributed by atoms with E-state index in [1.54, 1.807) is 0 Å². The molecule has 0 saturated heterocycles. The van der Waals surface area contributed by atoms with Gasteiger partial charge in [-0.25, -0.2) is 4.79 Å². The second kappa shape index (κ2) is 26.5. The molecule has 0 radical (unpaired) electrons. The highest BCUT2D eigenvalue weighted by Gasteiger charge is 2.30. The quantitative estimate of drug-likeness (QED) is 0.0513. The highest BCUT2D eigenvalue weighted by Crippen LogP contribution is 2.30. The first-order valence-electron chi connectivity index (χ1n) is 19.0. The number of carboxylic acid groups (broad SMARTS) is 2. The minimum atomic E-state index is -1.24. The predicted molar refractivity (Wildman–Crippen MR) is 193 cm³/mol. The zero-order chi connectivity index (χ0) is 39.7. The first-order chi connectivity index (χ1) is 25.9. The number of nitrogens with one attached hydrogen (secondary N) is 3. The summed E-state index contributed by atoms with van der Waals surface area (Å²) in [4.78, 5) is 97.1. The normalized spacial score (nSPS) is 17.9. The van der Waals surface area contributed by atoms with Crippen molar-refractivity contribution in [3.63, 3.8) is 0 Å². The van der Waals surface area contributed by atoms with Gasteiger partial charge in [0.2, 0.25) is 17.7 Å². The molecule has 1 aliphatic heterocycles. The first kappa shape index (κ1) is 45.9. The number of carbonyl (C=O) groups is 8. The van der Waals surface area contributed by atoms with Crippen molar-refractivity contribution in [2.24, 2.45) is 17.8 Å². The molecule has 1 heterocycles. The van der Waals surface area contributed by atoms with Crippen LogP contribution in [0, 0.1) is 17.8 Å². The van der Waals surface area contributed by atoms with Gasteiger partial charge in [0, 0.05) is 82.5 Å². The fraction of sp³-hybridized carbons (Fsp3) is 0.730. The van der Waals surface area contributed by atoms with Gasteiger partial charge in [0.15, 0.2) is 0 Å². The van der Waals surface area contributed by atoms with E-state index in [0.29, 0.717) is 77.8 Å². The van der Waals surface area contributed by atoms with Crippen LogP contribution in [0.1, 0.15) is 90.4 Å². The zero-order valence-electron chi connectivity index (χ0n) is 31.4. The molecule has 54 heavy (non-hydrogen) atoms. The Bertz CT molecular complexity index is 1260. The Balaban J connectivity index is 1.52. The molecular weight excluding hydrogens is 708 g/mol. The molecule has 17 nitrogen and oxygen atoms in total. The molecule has 1 saturated carbocycles. The van der Waals surface area contributed by atoms with Crippen LogP contribution in [0.3, 0.4) is 0 Å². The van der Waals surface area contributed by atoms with Crippen LogP contribution in [-0.4, -0.2) is 128 Å². The number of ketones is 1. The molecule has 0 aromatic heterocycles. The van der Waals surface area contributed by atoms with Crippen molar-refractivity contribution in [1.29, 1.82) is 0 Å². The van der Waals surface area contributed by atoms with E-state index in [1.807, 2.05) is 0 Å². The second-order valence-electron chi connectivity index (χ2n) is 13.5. The van der Waals surface area contributed by atoms with E-state index >= 15 is 0 Å². The zero-order valence-corrected chi connectivity index (χ0v) is 31.4. The minimum absolute atomic E-state index is 0.0331. The predicted octanol–water partition coefficient (Wildman–Crippen LogP) is 1.37. The van der Waals surface area contributed by atoms with Crippen molar-refractivity contribution < 1.29 is 62.8 Å². The Kier molecular flexibility index (Phi) is 22.6. The lowest BCUT2D eigenvalue weighted by atomic mass is 9.80. The van der Waals surface area contributed by atoms with Gasteiger partial charge in [-0.15, -0.1) is 0 Å². The molecule has 304 valence electrons. The smallest absolute Gasteiger partial charge is 0.326 e. The summed E-state index contributed by atoms with van der Waals surface area (Å²) in [6, 6.07) is -1.23. The number of hydrogen-bond donors (Lipinski definition) is 5. The molecule has 5 amide bonds. The van der Waals surface area contributed by atoms with Crippen LogP contribution in [0.4, 0.5) is 0 Å². The number of Topliss-reactive ketones (excluding diaryl/α,β-unsaturated/α-hetero) is 1. The highest BCUT2D eigenvalue weighted by molar-refractivity contribution is 6.13. The molecule has 0 spiro atoms. The summed E-state index contributed by atoms with van der Waals surface area (Å²) in [7, 11) is 0. The number of carboxylic acids is 2. The maximum absolute atomic E-state index is 12.8. The van der Waals surface area contributed by atoms with Crippen LogP contribution < -0.4 is 16.0 Å². The fourth-order valence-electron chi connectivity index (χ4n) is 6.11. The van der Waals surface area contributed by atoms with Gasteiger partial charge in [-0.1, -0.05) is 13.3 Å². The summed E-state index contributed by atoms with van der Waals surface area (Å²) in [5.41, 5.74) is 0. The average Bonchev–Trinajstić information content (AvgIpc) is 3.47. The lowest BCUT2D eigenvalue weighted by molar-refractivity contribution is -0.143. The third kappa shape index (κ3) is 19.2. The highest BCUT2D eigenvalue weighted by atomic mass is 16.5. The Morgan fingerprint density at radius 2 is 1.35 bits per heavy atom. The molecule has 2 rings (SSSR count). The van der Waals surface area contributed by atoms with Gasteiger partial charge in [0.25, 0.3) is 11.8 Å². The maximum atomic E-state index is 12.8. The van der Waals surface area contributed by atoms with Crippen molar-refractivity contribution >= 4 is 47.3 Å². The molecule has 0 bridgehead atoms. The van der Waals surface area contributed by atoms with Crippen molar-refractivity contribution in [3.05, 3.63) is 12.2 Å². The second-order valence-corrected chi connectivity index (χ2v) is 13.5. The first-order valence-corrected chi connectivity index (χ1v) is 19.0. The van der Waals surface area contributed by atoms with Gasteiger partial charge in [0.1, 0.15) is 11.8 Å². The summed E-state index contributed by atoms with van der Waals surface area (Å²) in [5.74, 6) is -5.15. The monoisotopic (exact) mass is 766 g/mol. The van der Waals surface area contributed by atoms with E-state index in [0.717, 1.165) is 24.2 Å². The molecule has 2 aliphatic rings. The van der Waals surface area contributed by atoms with Crippen LogP contribution in [0.15, 0.2) is 12.2 Å². The number of ether oxygens (including phenoxy) is 3. The lowest BCUT2D eigenvalue weighted by Crippen LogP contribution is -2.44. The van der Waals surface area contributed by atoms with E-state index in [9.17, 15) is 43.5 Å². The third-order valence-electron chi connectivity index (χ3n) is 9.43. The summed E-state index contributed by atoms with van der Waals surface area (Å²) in [5, 5.41) is 26.8. The maximum Gasteiger partial charge on any atom is 0.326 e. The number of aliphatic carboxylic acids is 2. The molecule has 5 N–H and O–H groups in total. The summed E-state index contributed by atoms with van der Waals surface area (Å²) >= 11 is 0. The molecule has 0 aromatic carbocycles. The van der Waals surface area contributed by atoms with Crippen molar-refractivity contribution in [2.75, 3.05) is 59.3 Å². The summed E-state index contributed by atoms with van der Waals surface area (Å²) in [6.45, 7) is 4.88. The number of rotatable bonds is 30. The standard InChI is InChI=1S/C37H58N4O13/c1-2-26-5-7-27(8-6-26)36(49)40-30(37(50)51)11-10-29(42)25-28(9-14-34(46)47)35(48)39-17-4-20-53-22-24-54-23-21-52-19-3-16-38-31(43)15-18-41-32(44)12-13-33(41)45/h12-13,26-28,30H,2-11,14-25H2,1H3,(H,38,43)(H,39,48)(H,40,49)(H,46,47)(H,50,51). The number of carbonyl (C=O) groups excluding carboxylic acids is 6. The van der Waals surface area contributed by atoms with Gasteiger partial charge < -0.3 is 40.4 Å². The summed E-state index contributed by atoms with van der Waals surface area (Å²) < 4.78 is 16.4. The Labute approximate surface area is 316 Å².